The Kier molecular flexibility index (Phi) is 3.95. The number of halogens is 3. The van der Waals surface area contributed by atoms with Crippen molar-refractivity contribution in [2.45, 2.75) is 33.4 Å². The van der Waals surface area contributed by atoms with E-state index in [1.54, 1.807) is 18.2 Å². The second-order valence-corrected chi connectivity index (χ2v) is 6.59. The minimum absolute atomic E-state index is 0.108. The lowest BCUT2D eigenvalue weighted by atomic mass is 9.88. The van der Waals surface area contributed by atoms with E-state index in [1.165, 1.54) is 0 Å². The van der Waals surface area contributed by atoms with E-state index in [0.29, 0.717) is 0 Å². The lowest BCUT2D eigenvalue weighted by Crippen LogP contribution is -2.19. The van der Waals surface area contributed by atoms with Crippen LogP contribution in [0.15, 0.2) is 24.4 Å². The average Bonchev–Trinajstić information content (AvgIpc) is 2.60. The summed E-state index contributed by atoms with van der Waals surface area (Å²) >= 11 is 0. The SMILES string of the molecule is Cn1cc(CC(C)(C)C)c2cc(OCC(F)(F)F)ccc21. The topological polar surface area (TPSA) is 14.2 Å². The number of alkyl halides is 3. The van der Waals surface area contributed by atoms with Gasteiger partial charge in [-0.1, -0.05) is 20.8 Å². The fraction of sp³-hybridized carbons (Fsp3) is 0.500. The number of nitrogens with zero attached hydrogens (tertiary/aromatic N) is 1. The molecule has 0 bridgehead atoms. The number of rotatable bonds is 3. The Morgan fingerprint density at radius 1 is 1.14 bits per heavy atom. The van der Waals surface area contributed by atoms with Crippen LogP contribution in [0.1, 0.15) is 26.3 Å². The highest BCUT2D eigenvalue weighted by Gasteiger charge is 2.28. The lowest BCUT2D eigenvalue weighted by Gasteiger charge is -2.17. The van der Waals surface area contributed by atoms with Crippen LogP contribution in [0.2, 0.25) is 0 Å². The third-order valence-corrected chi connectivity index (χ3v) is 3.17. The van der Waals surface area contributed by atoms with E-state index >= 15 is 0 Å². The molecule has 0 aliphatic carbocycles. The monoisotopic (exact) mass is 299 g/mol. The summed E-state index contributed by atoms with van der Waals surface area (Å²) in [5.74, 6) is 0.251. The molecule has 1 aromatic heterocycles. The first-order valence-electron chi connectivity index (χ1n) is 6.83. The summed E-state index contributed by atoms with van der Waals surface area (Å²) in [6.45, 7) is 5.14. The lowest BCUT2D eigenvalue weighted by molar-refractivity contribution is -0.153. The fourth-order valence-electron chi connectivity index (χ4n) is 2.42. The maximum atomic E-state index is 12.2. The number of ether oxygens (including phenoxy) is 1. The predicted molar refractivity (Wildman–Crippen MR) is 77.6 cm³/mol. The Hall–Kier alpha value is -1.65. The Morgan fingerprint density at radius 3 is 2.38 bits per heavy atom. The molecule has 0 fully saturated rings. The third kappa shape index (κ3) is 4.16. The summed E-state index contributed by atoms with van der Waals surface area (Å²) in [7, 11) is 1.94. The minimum atomic E-state index is -4.32. The van der Waals surface area contributed by atoms with Crippen LogP contribution in [-0.4, -0.2) is 17.4 Å². The molecule has 116 valence electrons. The molecule has 1 aromatic carbocycles. The van der Waals surface area contributed by atoms with Gasteiger partial charge in [0.15, 0.2) is 6.61 Å². The van der Waals surface area contributed by atoms with Crippen molar-refractivity contribution in [3.8, 4) is 5.75 Å². The standard InChI is InChI=1S/C16H20F3NO/c1-15(2,3)8-11-9-20(4)14-6-5-12(7-13(11)14)21-10-16(17,18)19/h5-7,9H,8,10H2,1-4H3. The highest BCUT2D eigenvalue weighted by atomic mass is 19.4. The Bertz CT molecular complexity index is 635. The maximum Gasteiger partial charge on any atom is 0.422 e. The van der Waals surface area contributed by atoms with E-state index in [1.807, 2.05) is 17.8 Å². The summed E-state index contributed by atoms with van der Waals surface area (Å²) in [5.41, 5.74) is 2.22. The summed E-state index contributed by atoms with van der Waals surface area (Å²) < 4.78 is 43.5. The van der Waals surface area contributed by atoms with Crippen molar-refractivity contribution in [1.29, 1.82) is 0 Å². The second-order valence-electron chi connectivity index (χ2n) is 6.59. The van der Waals surface area contributed by atoms with Gasteiger partial charge in [0, 0.05) is 24.1 Å². The molecule has 0 spiro atoms. The van der Waals surface area contributed by atoms with Crippen molar-refractivity contribution in [3.63, 3.8) is 0 Å². The van der Waals surface area contributed by atoms with Gasteiger partial charge in [-0.2, -0.15) is 13.2 Å². The quantitative estimate of drug-likeness (QED) is 0.800. The van der Waals surface area contributed by atoms with Crippen LogP contribution >= 0.6 is 0 Å². The molecule has 0 N–H and O–H groups in total. The largest absolute Gasteiger partial charge is 0.484 e. The zero-order valence-electron chi connectivity index (χ0n) is 12.7. The number of hydrogen-bond acceptors (Lipinski definition) is 1. The average molecular weight is 299 g/mol. The first kappa shape index (κ1) is 15.7. The molecule has 0 amide bonds. The molecule has 5 heteroatoms. The molecule has 21 heavy (non-hydrogen) atoms. The van der Waals surface area contributed by atoms with Crippen molar-refractivity contribution in [1.82, 2.24) is 4.57 Å². The van der Waals surface area contributed by atoms with Crippen molar-refractivity contribution in [2.75, 3.05) is 6.61 Å². The van der Waals surface area contributed by atoms with Gasteiger partial charge < -0.3 is 9.30 Å². The third-order valence-electron chi connectivity index (χ3n) is 3.17. The molecule has 0 radical (unpaired) electrons. The number of aryl methyl sites for hydroxylation is 1. The first-order chi connectivity index (χ1) is 9.55. The summed E-state index contributed by atoms with van der Waals surface area (Å²) in [4.78, 5) is 0. The van der Waals surface area contributed by atoms with Gasteiger partial charge in [0.1, 0.15) is 5.75 Å². The second kappa shape index (κ2) is 5.28. The minimum Gasteiger partial charge on any atom is -0.484 e. The van der Waals surface area contributed by atoms with Gasteiger partial charge in [0.2, 0.25) is 0 Å². The zero-order chi connectivity index (χ0) is 15.8. The van der Waals surface area contributed by atoms with E-state index in [9.17, 15) is 13.2 Å². The first-order valence-corrected chi connectivity index (χ1v) is 6.83. The van der Waals surface area contributed by atoms with Crippen LogP contribution < -0.4 is 4.74 Å². The van der Waals surface area contributed by atoms with Gasteiger partial charge in [0.25, 0.3) is 0 Å². The number of hydrogen-bond donors (Lipinski definition) is 0. The molecular weight excluding hydrogens is 279 g/mol. The summed E-state index contributed by atoms with van der Waals surface area (Å²) in [6, 6.07) is 5.07. The van der Waals surface area contributed by atoms with Gasteiger partial charge in [-0.15, -0.1) is 0 Å². The molecule has 0 aliphatic heterocycles. The van der Waals surface area contributed by atoms with Gasteiger partial charge >= 0.3 is 6.18 Å². The van der Waals surface area contributed by atoms with Crippen LogP contribution in [0.25, 0.3) is 10.9 Å². The van der Waals surface area contributed by atoms with Crippen molar-refractivity contribution >= 4 is 10.9 Å². The molecule has 0 atom stereocenters. The molecule has 0 unspecified atom stereocenters. The smallest absolute Gasteiger partial charge is 0.422 e. The van der Waals surface area contributed by atoms with E-state index < -0.39 is 12.8 Å². The molecular formula is C16H20F3NO. The summed E-state index contributed by atoms with van der Waals surface area (Å²) in [6.07, 6.45) is -1.43. The molecule has 2 nitrogen and oxygen atoms in total. The molecule has 0 aliphatic rings. The normalized spacial score (nSPS) is 12.9. The van der Waals surface area contributed by atoms with Gasteiger partial charge in [-0.25, -0.2) is 0 Å². The van der Waals surface area contributed by atoms with Crippen LogP contribution in [0, 0.1) is 5.41 Å². The summed E-state index contributed by atoms with van der Waals surface area (Å²) in [5, 5.41) is 0.951. The van der Waals surface area contributed by atoms with Gasteiger partial charge in [-0.05, 0) is 35.6 Å². The Balaban J connectivity index is 2.34. The van der Waals surface area contributed by atoms with Crippen molar-refractivity contribution in [3.05, 3.63) is 30.0 Å². The Labute approximate surface area is 122 Å². The molecule has 1 heterocycles. The Morgan fingerprint density at radius 2 is 1.81 bits per heavy atom. The molecule has 2 aromatic rings. The molecule has 0 saturated carbocycles. The zero-order valence-corrected chi connectivity index (χ0v) is 12.7. The predicted octanol–water partition coefficient (Wildman–Crippen LogP) is 4.71. The van der Waals surface area contributed by atoms with Crippen LogP contribution in [0.5, 0.6) is 5.75 Å². The number of aromatic nitrogens is 1. The van der Waals surface area contributed by atoms with Crippen LogP contribution in [0.3, 0.4) is 0 Å². The van der Waals surface area contributed by atoms with Crippen molar-refractivity contribution < 1.29 is 17.9 Å². The van der Waals surface area contributed by atoms with Crippen LogP contribution in [-0.2, 0) is 13.5 Å². The van der Waals surface area contributed by atoms with E-state index in [4.69, 9.17) is 4.74 Å². The highest BCUT2D eigenvalue weighted by molar-refractivity contribution is 5.85. The number of fused-ring (bicyclic) bond motifs is 1. The highest BCUT2D eigenvalue weighted by Crippen LogP contribution is 2.31. The van der Waals surface area contributed by atoms with E-state index in [2.05, 4.69) is 20.8 Å². The number of benzene rings is 1. The van der Waals surface area contributed by atoms with Gasteiger partial charge in [0.05, 0.1) is 0 Å². The molecule has 0 saturated heterocycles. The molecule has 2 rings (SSSR count). The van der Waals surface area contributed by atoms with Gasteiger partial charge in [-0.3, -0.25) is 0 Å². The van der Waals surface area contributed by atoms with Crippen molar-refractivity contribution in [2.24, 2.45) is 12.5 Å². The van der Waals surface area contributed by atoms with E-state index in [0.717, 1.165) is 22.9 Å². The maximum absolute atomic E-state index is 12.2. The van der Waals surface area contributed by atoms with Crippen LogP contribution in [0.4, 0.5) is 13.2 Å². The fourth-order valence-corrected chi connectivity index (χ4v) is 2.42. The van der Waals surface area contributed by atoms with E-state index in [-0.39, 0.29) is 11.2 Å².